The first kappa shape index (κ1) is 11.6. The number of thiazole rings is 1. The van der Waals surface area contributed by atoms with Gasteiger partial charge in [-0.2, -0.15) is 0 Å². The highest BCUT2D eigenvalue weighted by atomic mass is 32.1. The van der Waals surface area contributed by atoms with Crippen LogP contribution in [0.25, 0.3) is 10.6 Å². The van der Waals surface area contributed by atoms with Crippen molar-refractivity contribution in [2.75, 3.05) is 7.11 Å². The van der Waals surface area contributed by atoms with E-state index in [2.05, 4.69) is 10.4 Å². The highest BCUT2D eigenvalue weighted by molar-refractivity contribution is 7.16. The topological polar surface area (TPSA) is 77.2 Å². The summed E-state index contributed by atoms with van der Waals surface area (Å²) in [5, 5.41) is 0.770. The number of nitrogen functional groups attached to an aromatic ring is 1. The Morgan fingerprint density at radius 3 is 2.71 bits per heavy atom. The predicted octanol–water partition coefficient (Wildman–Crippen LogP) is 1.42. The Bertz CT molecular complexity index is 522. The van der Waals surface area contributed by atoms with Gasteiger partial charge in [0.05, 0.1) is 13.3 Å². The lowest BCUT2D eigenvalue weighted by atomic mass is 10.2. The lowest BCUT2D eigenvalue weighted by Gasteiger charge is -1.99. The molecule has 0 bridgehead atoms. The van der Waals surface area contributed by atoms with Crippen LogP contribution in [0.15, 0.2) is 30.5 Å². The van der Waals surface area contributed by atoms with Gasteiger partial charge in [0.15, 0.2) is 0 Å². The van der Waals surface area contributed by atoms with Crippen LogP contribution in [-0.4, -0.2) is 18.0 Å². The summed E-state index contributed by atoms with van der Waals surface area (Å²) in [5.41, 5.74) is 3.01. The highest BCUT2D eigenvalue weighted by Crippen LogP contribution is 2.26. The Balaban J connectivity index is 2.27. The van der Waals surface area contributed by atoms with Crippen molar-refractivity contribution in [1.29, 1.82) is 0 Å². The van der Waals surface area contributed by atoms with Crippen molar-refractivity contribution in [3.8, 4) is 16.3 Å². The van der Waals surface area contributed by atoms with Gasteiger partial charge in [0, 0.05) is 5.56 Å². The zero-order valence-corrected chi connectivity index (χ0v) is 9.95. The number of nitrogens with two attached hydrogens (primary N) is 1. The van der Waals surface area contributed by atoms with Crippen LogP contribution in [0.5, 0.6) is 5.75 Å². The van der Waals surface area contributed by atoms with Gasteiger partial charge in [-0.3, -0.25) is 10.2 Å². The van der Waals surface area contributed by atoms with Crippen LogP contribution in [-0.2, 0) is 0 Å². The minimum atomic E-state index is -0.331. The molecule has 0 fully saturated rings. The van der Waals surface area contributed by atoms with E-state index in [-0.39, 0.29) is 5.91 Å². The molecule has 1 aromatic carbocycles. The summed E-state index contributed by atoms with van der Waals surface area (Å²) in [6.07, 6.45) is 1.51. The van der Waals surface area contributed by atoms with Gasteiger partial charge in [-0.25, -0.2) is 10.8 Å². The summed E-state index contributed by atoms with van der Waals surface area (Å²) in [5.74, 6) is 5.50. The number of carbonyl (C=O) groups is 1. The van der Waals surface area contributed by atoms with Gasteiger partial charge < -0.3 is 4.74 Å². The van der Waals surface area contributed by atoms with Crippen LogP contribution in [0.2, 0.25) is 0 Å². The fourth-order valence-corrected chi connectivity index (χ4v) is 2.14. The first-order chi connectivity index (χ1) is 8.24. The summed E-state index contributed by atoms with van der Waals surface area (Å²) in [7, 11) is 1.61. The van der Waals surface area contributed by atoms with Crippen molar-refractivity contribution < 1.29 is 9.53 Å². The number of aromatic nitrogens is 1. The third-order valence-electron chi connectivity index (χ3n) is 2.20. The Morgan fingerprint density at radius 2 is 2.12 bits per heavy atom. The van der Waals surface area contributed by atoms with Crippen LogP contribution in [0.1, 0.15) is 9.67 Å². The molecule has 1 heterocycles. The molecule has 0 atom stereocenters. The second kappa shape index (κ2) is 4.94. The van der Waals surface area contributed by atoms with Gasteiger partial charge in [0.25, 0.3) is 5.91 Å². The number of nitrogens with zero attached hydrogens (tertiary/aromatic N) is 1. The summed E-state index contributed by atoms with van der Waals surface area (Å²) in [6.45, 7) is 0. The van der Waals surface area contributed by atoms with E-state index in [1.165, 1.54) is 17.5 Å². The van der Waals surface area contributed by atoms with Crippen LogP contribution < -0.4 is 16.0 Å². The molecule has 1 amide bonds. The Hall–Kier alpha value is -1.92. The van der Waals surface area contributed by atoms with Crippen molar-refractivity contribution >= 4 is 17.2 Å². The second-order valence-corrected chi connectivity index (χ2v) is 4.26. The molecule has 17 heavy (non-hydrogen) atoms. The van der Waals surface area contributed by atoms with E-state index in [1.807, 2.05) is 24.3 Å². The van der Waals surface area contributed by atoms with Gasteiger partial charge in [-0.05, 0) is 24.3 Å². The lowest BCUT2D eigenvalue weighted by molar-refractivity contribution is 0.0957. The third-order valence-corrected chi connectivity index (χ3v) is 3.24. The number of ether oxygens (including phenoxy) is 1. The van der Waals surface area contributed by atoms with E-state index >= 15 is 0 Å². The summed E-state index contributed by atoms with van der Waals surface area (Å²) >= 11 is 1.29. The average molecular weight is 249 g/mol. The lowest BCUT2D eigenvalue weighted by Crippen LogP contribution is -2.29. The maximum atomic E-state index is 11.3. The third kappa shape index (κ3) is 2.43. The number of amides is 1. The molecule has 2 rings (SSSR count). The van der Waals surface area contributed by atoms with Gasteiger partial charge in [0.1, 0.15) is 15.6 Å². The van der Waals surface area contributed by atoms with Gasteiger partial charge in [-0.15, -0.1) is 11.3 Å². The van der Waals surface area contributed by atoms with Crippen LogP contribution >= 0.6 is 11.3 Å². The first-order valence-electron chi connectivity index (χ1n) is 4.86. The standard InChI is InChI=1S/C11H11N3O2S/c1-16-8-4-2-7(3-5-8)11-13-6-9(17-11)10(15)14-12/h2-6H,12H2,1H3,(H,14,15). The number of carbonyl (C=O) groups excluding carboxylic acids is 1. The number of hydrogen-bond donors (Lipinski definition) is 2. The zero-order valence-electron chi connectivity index (χ0n) is 9.14. The van der Waals surface area contributed by atoms with E-state index in [1.54, 1.807) is 7.11 Å². The molecular formula is C11H11N3O2S. The van der Waals surface area contributed by atoms with Crippen LogP contribution in [0.4, 0.5) is 0 Å². The second-order valence-electron chi connectivity index (χ2n) is 3.23. The normalized spacial score (nSPS) is 10.0. The summed E-state index contributed by atoms with van der Waals surface area (Å²) < 4.78 is 5.07. The fraction of sp³-hybridized carbons (Fsp3) is 0.0909. The van der Waals surface area contributed by atoms with E-state index in [0.29, 0.717) is 4.88 Å². The van der Waals surface area contributed by atoms with E-state index in [4.69, 9.17) is 10.6 Å². The Morgan fingerprint density at radius 1 is 1.41 bits per heavy atom. The van der Waals surface area contributed by atoms with Gasteiger partial charge in [-0.1, -0.05) is 0 Å². The fourth-order valence-electron chi connectivity index (χ4n) is 1.32. The Labute approximate surface area is 102 Å². The SMILES string of the molecule is COc1ccc(-c2ncc(C(=O)NN)s2)cc1. The van der Waals surface area contributed by atoms with Crippen molar-refractivity contribution in [1.82, 2.24) is 10.4 Å². The van der Waals surface area contributed by atoms with Crippen LogP contribution in [0.3, 0.4) is 0 Å². The zero-order chi connectivity index (χ0) is 12.3. The molecule has 0 aliphatic rings. The monoisotopic (exact) mass is 249 g/mol. The molecule has 2 aromatic rings. The molecule has 6 heteroatoms. The molecule has 0 unspecified atom stereocenters. The smallest absolute Gasteiger partial charge is 0.276 e. The number of hydrogen-bond acceptors (Lipinski definition) is 5. The molecular weight excluding hydrogens is 238 g/mol. The first-order valence-corrected chi connectivity index (χ1v) is 5.67. The van der Waals surface area contributed by atoms with Gasteiger partial charge in [0.2, 0.25) is 0 Å². The predicted molar refractivity (Wildman–Crippen MR) is 65.8 cm³/mol. The largest absolute Gasteiger partial charge is 0.497 e. The molecule has 1 aromatic heterocycles. The van der Waals surface area contributed by atoms with Crippen molar-refractivity contribution in [2.45, 2.75) is 0 Å². The highest BCUT2D eigenvalue weighted by Gasteiger charge is 2.10. The van der Waals surface area contributed by atoms with E-state index < -0.39 is 0 Å². The molecule has 3 N–H and O–H groups in total. The van der Waals surface area contributed by atoms with Crippen LogP contribution in [0, 0.1) is 0 Å². The van der Waals surface area contributed by atoms with Crippen molar-refractivity contribution in [3.63, 3.8) is 0 Å². The number of methoxy groups -OCH3 is 1. The molecule has 0 aliphatic carbocycles. The molecule has 0 radical (unpaired) electrons. The number of benzene rings is 1. The maximum absolute atomic E-state index is 11.3. The summed E-state index contributed by atoms with van der Waals surface area (Å²) in [4.78, 5) is 15.9. The molecule has 5 nitrogen and oxygen atoms in total. The maximum Gasteiger partial charge on any atom is 0.276 e. The molecule has 0 aliphatic heterocycles. The minimum absolute atomic E-state index is 0.331. The van der Waals surface area contributed by atoms with Crippen molar-refractivity contribution in [3.05, 3.63) is 35.3 Å². The molecule has 0 saturated heterocycles. The quantitative estimate of drug-likeness (QED) is 0.490. The Kier molecular flexibility index (Phi) is 3.36. The summed E-state index contributed by atoms with van der Waals surface area (Å²) in [6, 6.07) is 7.47. The molecule has 88 valence electrons. The number of rotatable bonds is 3. The average Bonchev–Trinajstić information content (AvgIpc) is 2.87. The minimum Gasteiger partial charge on any atom is -0.497 e. The molecule has 0 saturated carbocycles. The van der Waals surface area contributed by atoms with Gasteiger partial charge >= 0.3 is 0 Å². The number of nitrogens with one attached hydrogen (secondary N) is 1. The number of hydrazine groups is 1. The van der Waals surface area contributed by atoms with E-state index in [0.717, 1.165) is 16.3 Å². The molecule has 0 spiro atoms. The van der Waals surface area contributed by atoms with Crippen molar-refractivity contribution in [2.24, 2.45) is 5.84 Å². The van der Waals surface area contributed by atoms with E-state index in [9.17, 15) is 4.79 Å².